The standard InChI is InChI=1S/C16H15FN6O2/c17-10-4-3-9-7-11(10)25-6-2-1-5-19-15-21-13(18)12-14(22-15)23(8-9)16(24)20-12/h1-4,7H,5-6,8H2,(H,20,24)(H3,18,19,21,22). The minimum absolute atomic E-state index is 0.134. The van der Waals surface area contributed by atoms with Gasteiger partial charge in [0.2, 0.25) is 5.95 Å². The predicted molar refractivity (Wildman–Crippen MR) is 91.2 cm³/mol. The molecule has 128 valence electrons. The van der Waals surface area contributed by atoms with E-state index in [1.54, 1.807) is 18.2 Å². The van der Waals surface area contributed by atoms with E-state index in [9.17, 15) is 9.18 Å². The lowest BCUT2D eigenvalue weighted by Crippen LogP contribution is -2.18. The lowest BCUT2D eigenvalue weighted by molar-refractivity contribution is 0.341. The molecule has 0 saturated carbocycles. The Morgan fingerprint density at radius 2 is 2.16 bits per heavy atom. The van der Waals surface area contributed by atoms with Crippen molar-refractivity contribution in [1.82, 2.24) is 19.5 Å². The van der Waals surface area contributed by atoms with Gasteiger partial charge in [-0.2, -0.15) is 9.97 Å². The maximum absolute atomic E-state index is 13.9. The van der Waals surface area contributed by atoms with Crippen molar-refractivity contribution < 1.29 is 9.13 Å². The minimum Gasteiger partial charge on any atom is -0.486 e. The van der Waals surface area contributed by atoms with E-state index in [4.69, 9.17) is 10.5 Å². The molecule has 4 N–H and O–H groups in total. The van der Waals surface area contributed by atoms with Crippen LogP contribution in [0.5, 0.6) is 5.75 Å². The number of hydrogen-bond acceptors (Lipinski definition) is 6. The lowest BCUT2D eigenvalue weighted by atomic mass is 10.2. The number of rotatable bonds is 0. The number of nitrogens with two attached hydrogens (primary N) is 1. The van der Waals surface area contributed by atoms with E-state index in [0.717, 1.165) is 0 Å². The van der Waals surface area contributed by atoms with E-state index in [-0.39, 0.29) is 30.4 Å². The fraction of sp³-hybridized carbons (Fsp3) is 0.188. The average molecular weight is 342 g/mol. The van der Waals surface area contributed by atoms with Crippen LogP contribution in [0.2, 0.25) is 0 Å². The molecule has 4 bridgehead atoms. The van der Waals surface area contributed by atoms with Gasteiger partial charge in [0.25, 0.3) is 0 Å². The molecule has 25 heavy (non-hydrogen) atoms. The zero-order chi connectivity index (χ0) is 17.4. The van der Waals surface area contributed by atoms with Crippen LogP contribution >= 0.6 is 0 Å². The van der Waals surface area contributed by atoms with Crippen LogP contribution in [0.1, 0.15) is 5.56 Å². The first kappa shape index (κ1) is 15.2. The summed E-state index contributed by atoms with van der Waals surface area (Å²) >= 11 is 0. The molecule has 0 saturated heterocycles. The SMILES string of the molecule is Nc1nc2nc3c1[nH]c(=O)n3Cc1ccc(F)c(c1)OCC=CCN2. The monoisotopic (exact) mass is 342 g/mol. The Bertz CT molecular complexity index is 1040. The summed E-state index contributed by atoms with van der Waals surface area (Å²) in [5.74, 6) is 0.181. The summed E-state index contributed by atoms with van der Waals surface area (Å²) in [5.41, 5.74) is 7.02. The maximum Gasteiger partial charge on any atom is 0.328 e. The molecule has 0 amide bonds. The maximum atomic E-state index is 13.9. The van der Waals surface area contributed by atoms with Crippen LogP contribution in [-0.2, 0) is 6.54 Å². The van der Waals surface area contributed by atoms with Gasteiger partial charge in [-0.25, -0.2) is 9.18 Å². The molecule has 1 aliphatic heterocycles. The van der Waals surface area contributed by atoms with Gasteiger partial charge >= 0.3 is 5.69 Å². The second-order valence-electron chi connectivity index (χ2n) is 5.58. The third kappa shape index (κ3) is 2.80. The molecule has 0 radical (unpaired) electrons. The van der Waals surface area contributed by atoms with Crippen molar-refractivity contribution in [1.29, 1.82) is 0 Å². The zero-order valence-corrected chi connectivity index (χ0v) is 13.1. The Hall–Kier alpha value is -3.36. The highest BCUT2D eigenvalue weighted by molar-refractivity contribution is 5.82. The Labute approximate surface area is 141 Å². The van der Waals surface area contributed by atoms with Gasteiger partial charge in [-0.1, -0.05) is 12.1 Å². The number of nitrogen functional groups attached to an aromatic ring is 1. The molecule has 0 spiro atoms. The highest BCUT2D eigenvalue weighted by Gasteiger charge is 2.15. The third-order valence-corrected chi connectivity index (χ3v) is 3.87. The quantitative estimate of drug-likeness (QED) is 0.530. The molecule has 3 aromatic rings. The second-order valence-corrected chi connectivity index (χ2v) is 5.58. The van der Waals surface area contributed by atoms with Crippen LogP contribution in [0.3, 0.4) is 0 Å². The first-order valence-corrected chi connectivity index (χ1v) is 7.68. The van der Waals surface area contributed by atoms with Crippen molar-refractivity contribution in [2.45, 2.75) is 6.54 Å². The number of nitrogens with one attached hydrogen (secondary N) is 2. The summed E-state index contributed by atoms with van der Waals surface area (Å²) in [4.78, 5) is 23.5. The first-order valence-electron chi connectivity index (χ1n) is 7.68. The molecular formula is C16H15FN6O2. The van der Waals surface area contributed by atoms with Gasteiger partial charge in [0.15, 0.2) is 23.0 Å². The van der Waals surface area contributed by atoms with Crippen LogP contribution in [0.4, 0.5) is 16.2 Å². The van der Waals surface area contributed by atoms with Crippen LogP contribution < -0.4 is 21.5 Å². The van der Waals surface area contributed by atoms with E-state index in [1.807, 2.05) is 6.08 Å². The van der Waals surface area contributed by atoms with E-state index >= 15 is 0 Å². The lowest BCUT2D eigenvalue weighted by Gasteiger charge is -2.10. The number of benzene rings is 1. The van der Waals surface area contributed by atoms with Crippen molar-refractivity contribution in [2.24, 2.45) is 0 Å². The number of hydrogen-bond donors (Lipinski definition) is 3. The smallest absolute Gasteiger partial charge is 0.328 e. The number of H-pyrrole nitrogens is 1. The van der Waals surface area contributed by atoms with Gasteiger partial charge in [-0.3, -0.25) is 4.57 Å². The average Bonchev–Trinajstić information content (AvgIpc) is 2.90. The summed E-state index contributed by atoms with van der Waals surface area (Å²) in [6.07, 6.45) is 3.57. The van der Waals surface area contributed by atoms with Gasteiger partial charge < -0.3 is 20.8 Å². The van der Waals surface area contributed by atoms with Crippen molar-refractivity contribution in [3.8, 4) is 5.75 Å². The highest BCUT2D eigenvalue weighted by Crippen LogP contribution is 2.21. The summed E-state index contributed by atoms with van der Waals surface area (Å²) in [6.45, 7) is 0.853. The molecule has 4 rings (SSSR count). The van der Waals surface area contributed by atoms with E-state index < -0.39 is 5.82 Å². The van der Waals surface area contributed by atoms with Crippen LogP contribution in [0, 0.1) is 5.82 Å². The molecule has 0 fully saturated rings. The van der Waals surface area contributed by atoms with E-state index in [1.165, 1.54) is 10.6 Å². The normalized spacial score (nSPS) is 14.1. The van der Waals surface area contributed by atoms with Crippen molar-refractivity contribution in [3.63, 3.8) is 0 Å². The number of aromatic amines is 1. The van der Waals surface area contributed by atoms with Crippen molar-refractivity contribution in [2.75, 3.05) is 24.2 Å². The third-order valence-electron chi connectivity index (χ3n) is 3.87. The van der Waals surface area contributed by atoms with Gasteiger partial charge in [-0.15, -0.1) is 0 Å². The minimum atomic E-state index is -0.456. The summed E-state index contributed by atoms with van der Waals surface area (Å²) in [6, 6.07) is 4.49. The van der Waals surface area contributed by atoms with E-state index in [0.29, 0.717) is 29.2 Å². The number of ether oxygens (including phenoxy) is 1. The van der Waals surface area contributed by atoms with Crippen LogP contribution in [0.15, 0.2) is 35.1 Å². The van der Waals surface area contributed by atoms with E-state index in [2.05, 4.69) is 20.3 Å². The fourth-order valence-electron chi connectivity index (χ4n) is 2.66. The van der Waals surface area contributed by atoms with Crippen molar-refractivity contribution in [3.05, 3.63) is 52.2 Å². The highest BCUT2D eigenvalue weighted by atomic mass is 19.1. The number of imidazole rings is 1. The number of halogens is 1. The zero-order valence-electron chi connectivity index (χ0n) is 13.1. The van der Waals surface area contributed by atoms with Gasteiger partial charge in [0.05, 0.1) is 6.54 Å². The Kier molecular flexibility index (Phi) is 3.60. The molecular weight excluding hydrogens is 327 g/mol. The second kappa shape index (κ2) is 5.93. The van der Waals surface area contributed by atoms with Gasteiger partial charge in [0, 0.05) is 6.54 Å². The largest absolute Gasteiger partial charge is 0.486 e. The number of nitrogens with zero attached hydrogens (tertiary/aromatic N) is 3. The molecule has 0 atom stereocenters. The van der Waals surface area contributed by atoms with Gasteiger partial charge in [0.1, 0.15) is 12.1 Å². The molecule has 1 aromatic carbocycles. The first-order chi connectivity index (χ1) is 12.1. The van der Waals surface area contributed by atoms with Gasteiger partial charge in [-0.05, 0) is 23.8 Å². The molecule has 2 aromatic heterocycles. The predicted octanol–water partition coefficient (Wildman–Crippen LogP) is 1.25. The van der Waals surface area contributed by atoms with Crippen molar-refractivity contribution >= 4 is 22.9 Å². The summed E-state index contributed by atoms with van der Waals surface area (Å²) in [7, 11) is 0. The molecule has 0 aliphatic carbocycles. The number of fused-ring (bicyclic) bond motifs is 3. The molecule has 9 heteroatoms. The number of anilines is 2. The summed E-state index contributed by atoms with van der Waals surface area (Å²) < 4.78 is 20.7. The molecule has 0 unspecified atom stereocenters. The Morgan fingerprint density at radius 3 is 3.04 bits per heavy atom. The molecule has 1 aliphatic rings. The van der Waals surface area contributed by atoms with Crippen LogP contribution in [0.25, 0.3) is 11.2 Å². The number of aromatic nitrogens is 4. The molecule has 8 nitrogen and oxygen atoms in total. The summed E-state index contributed by atoms with van der Waals surface area (Å²) in [5, 5.41) is 3.00. The fourth-order valence-corrected chi connectivity index (χ4v) is 2.66. The van der Waals surface area contributed by atoms with Crippen LogP contribution in [-0.4, -0.2) is 32.7 Å². The topological polar surface area (TPSA) is 111 Å². The Morgan fingerprint density at radius 1 is 1.28 bits per heavy atom. The molecule has 3 heterocycles. The Balaban J connectivity index is 1.90.